The number of nitrogens with two attached hydrogens (primary N) is 1. The van der Waals surface area contributed by atoms with Gasteiger partial charge in [-0.05, 0) is 13.8 Å². The van der Waals surface area contributed by atoms with E-state index in [-0.39, 0.29) is 21.6 Å². The highest BCUT2D eigenvalue weighted by atomic mass is 16.3. The molecule has 1 aromatic carbocycles. The molecule has 0 aliphatic rings. The van der Waals surface area contributed by atoms with Gasteiger partial charge in [-0.1, -0.05) is 23.3 Å². The van der Waals surface area contributed by atoms with Crippen molar-refractivity contribution in [2.24, 2.45) is 10.9 Å². The Hall–Kier alpha value is -1.43. The smallest absolute Gasteiger partial charge is 0.158 e. The molecule has 0 heterocycles. The highest BCUT2D eigenvalue weighted by Crippen LogP contribution is 2.20. The Labute approximate surface area is 115 Å². The third kappa shape index (κ3) is 4.31. The number of hydrogen-bond donors (Lipinski definition) is 1. The van der Waals surface area contributed by atoms with Crippen molar-refractivity contribution in [2.75, 3.05) is 33.7 Å². The third-order valence-electron chi connectivity index (χ3n) is 3.48. The predicted octanol–water partition coefficient (Wildman–Crippen LogP) is 0.658. The van der Waals surface area contributed by atoms with Gasteiger partial charge in [0.1, 0.15) is 13.1 Å². The predicted molar refractivity (Wildman–Crippen MR) is 77.9 cm³/mol. The maximum atomic E-state index is 12.1. The summed E-state index contributed by atoms with van der Waals surface area (Å²) < 4.78 is 0.421. The molecule has 0 amide bonds. The highest BCUT2D eigenvalue weighted by molar-refractivity contribution is 5.73. The molecule has 19 heavy (non-hydrogen) atoms. The minimum atomic E-state index is -0.167. The number of para-hydroxylation sites is 1. The normalized spacial score (nSPS) is 18.7. The molecule has 1 aromatic rings. The number of hydrogen-bond acceptors (Lipinski definition) is 3. The average Bonchev–Trinajstić information content (AvgIpc) is 2.39. The third-order valence-corrected chi connectivity index (χ3v) is 3.48. The second-order valence-corrected chi connectivity index (χ2v) is 5.24. The number of rotatable bonds is 6. The van der Waals surface area contributed by atoms with E-state index in [2.05, 4.69) is 5.10 Å². The van der Waals surface area contributed by atoms with E-state index < -0.39 is 0 Å². The van der Waals surface area contributed by atoms with E-state index in [4.69, 9.17) is 5.84 Å². The first-order chi connectivity index (χ1) is 8.83. The molecule has 0 saturated carbocycles. The number of benzene rings is 1. The monoisotopic (exact) mass is 265 g/mol. The Balaban J connectivity index is 2.98. The standard InChI is InChI=1S/C14H25N4O/c1-5-17(3,15)12-14(19)16-18(4,6-2)13-10-8-7-9-11-13/h7-11H,5-6,12,15H2,1-4H3/q+1/t17-,18-/m0/s1. The van der Waals surface area contributed by atoms with Gasteiger partial charge in [0, 0.05) is 12.1 Å². The first-order valence-corrected chi connectivity index (χ1v) is 6.63. The summed E-state index contributed by atoms with van der Waals surface area (Å²) in [6.45, 7) is 5.61. The largest absolute Gasteiger partial charge is 0.854 e. The fourth-order valence-electron chi connectivity index (χ4n) is 1.76. The molecule has 5 heteroatoms. The Morgan fingerprint density at radius 1 is 1.16 bits per heavy atom. The van der Waals surface area contributed by atoms with Gasteiger partial charge in [0.15, 0.2) is 5.69 Å². The van der Waals surface area contributed by atoms with Crippen molar-refractivity contribution in [1.29, 1.82) is 0 Å². The minimum absolute atomic E-state index is 0.167. The van der Waals surface area contributed by atoms with Crippen LogP contribution in [0.15, 0.2) is 35.4 Å². The highest BCUT2D eigenvalue weighted by Gasteiger charge is 2.23. The maximum absolute atomic E-state index is 12.1. The zero-order valence-corrected chi connectivity index (χ0v) is 12.3. The molecule has 2 atom stereocenters. The number of nitrogens with zero attached hydrogens (tertiary/aromatic N) is 3. The average molecular weight is 265 g/mol. The van der Waals surface area contributed by atoms with Gasteiger partial charge in [0.05, 0.1) is 26.5 Å². The van der Waals surface area contributed by atoms with Crippen LogP contribution in [0, 0.1) is 0 Å². The van der Waals surface area contributed by atoms with Gasteiger partial charge in [-0.2, -0.15) is 10.4 Å². The van der Waals surface area contributed by atoms with E-state index in [1.807, 2.05) is 58.3 Å². The summed E-state index contributed by atoms with van der Waals surface area (Å²) in [5, 5.41) is 16.4. The molecule has 1 rings (SSSR count). The zero-order chi connectivity index (χ0) is 14.5. The topological polar surface area (TPSA) is 61.4 Å². The van der Waals surface area contributed by atoms with E-state index in [1.54, 1.807) is 0 Å². The van der Waals surface area contributed by atoms with E-state index in [0.717, 1.165) is 12.2 Å². The van der Waals surface area contributed by atoms with Crippen LogP contribution in [-0.2, 0) is 0 Å². The number of quaternary nitrogens is 2. The van der Waals surface area contributed by atoms with Crippen molar-refractivity contribution in [3.8, 4) is 0 Å². The zero-order valence-electron chi connectivity index (χ0n) is 12.3. The van der Waals surface area contributed by atoms with Crippen LogP contribution in [0.2, 0.25) is 0 Å². The molecule has 0 aromatic heterocycles. The SMILES string of the molecule is CC[N@+](C)(N)C/C([O-])=N\[N@@+](C)(CC)c1ccccc1. The van der Waals surface area contributed by atoms with Crippen LogP contribution < -0.4 is 15.5 Å². The lowest BCUT2D eigenvalue weighted by molar-refractivity contribution is -0.913. The Morgan fingerprint density at radius 3 is 2.21 bits per heavy atom. The summed E-state index contributed by atoms with van der Waals surface area (Å²) in [6.07, 6.45) is 0. The van der Waals surface area contributed by atoms with Gasteiger partial charge in [-0.3, -0.25) is 0 Å². The van der Waals surface area contributed by atoms with Gasteiger partial charge in [-0.25, -0.2) is 4.59 Å². The van der Waals surface area contributed by atoms with Crippen LogP contribution in [0.4, 0.5) is 5.69 Å². The Morgan fingerprint density at radius 2 is 1.74 bits per heavy atom. The van der Waals surface area contributed by atoms with Gasteiger partial charge < -0.3 is 5.11 Å². The first kappa shape index (κ1) is 15.6. The van der Waals surface area contributed by atoms with Crippen LogP contribution in [-0.4, -0.2) is 44.2 Å². The molecule has 0 bridgehead atoms. The summed E-state index contributed by atoms with van der Waals surface area (Å²) in [4.78, 5) is 0. The van der Waals surface area contributed by atoms with Crippen molar-refractivity contribution < 1.29 is 9.70 Å². The van der Waals surface area contributed by atoms with E-state index >= 15 is 0 Å². The van der Waals surface area contributed by atoms with E-state index in [9.17, 15) is 5.11 Å². The summed E-state index contributed by atoms with van der Waals surface area (Å²) >= 11 is 0. The van der Waals surface area contributed by atoms with E-state index in [1.165, 1.54) is 0 Å². The molecular formula is C14H25N4O+. The lowest BCUT2D eigenvalue weighted by Gasteiger charge is -2.32. The lowest BCUT2D eigenvalue weighted by Crippen LogP contribution is -2.56. The molecule has 0 fully saturated rings. The maximum Gasteiger partial charge on any atom is 0.158 e. The van der Waals surface area contributed by atoms with Crippen LogP contribution >= 0.6 is 0 Å². The molecule has 0 unspecified atom stereocenters. The molecule has 0 saturated heterocycles. The molecular weight excluding hydrogens is 240 g/mol. The Bertz CT molecular complexity index is 430. The minimum Gasteiger partial charge on any atom is -0.854 e. The van der Waals surface area contributed by atoms with Crippen molar-refractivity contribution in [1.82, 2.24) is 4.59 Å². The summed E-state index contributed by atoms with van der Waals surface area (Å²) in [6, 6.07) is 9.83. The van der Waals surface area contributed by atoms with Crippen LogP contribution in [0.25, 0.3) is 0 Å². The quantitative estimate of drug-likeness (QED) is 0.270. The fraction of sp³-hybridized carbons (Fsp3) is 0.500. The van der Waals surface area contributed by atoms with Crippen molar-refractivity contribution >= 4 is 11.6 Å². The van der Waals surface area contributed by atoms with Crippen molar-refractivity contribution in [2.45, 2.75) is 13.8 Å². The van der Waals surface area contributed by atoms with Crippen LogP contribution in [0.1, 0.15) is 13.8 Å². The molecule has 0 aliphatic heterocycles. The summed E-state index contributed by atoms with van der Waals surface area (Å²) in [7, 11) is 3.76. The van der Waals surface area contributed by atoms with Gasteiger partial charge in [-0.15, -0.1) is 0 Å². The molecule has 0 spiro atoms. The summed E-state index contributed by atoms with van der Waals surface area (Å²) in [5.74, 6) is 5.80. The van der Waals surface area contributed by atoms with Crippen molar-refractivity contribution in [3.05, 3.63) is 30.3 Å². The fourth-order valence-corrected chi connectivity index (χ4v) is 1.76. The Kier molecular flexibility index (Phi) is 5.05. The lowest BCUT2D eigenvalue weighted by atomic mass is 10.3. The molecule has 2 N–H and O–H groups in total. The first-order valence-electron chi connectivity index (χ1n) is 6.63. The number of likely N-dealkylation sites (N-methyl/N-ethyl adjacent to an activating group) is 1. The van der Waals surface area contributed by atoms with Crippen molar-refractivity contribution in [3.63, 3.8) is 0 Å². The molecule has 106 valence electrons. The summed E-state index contributed by atoms with van der Waals surface area (Å²) in [5.41, 5.74) is 1.00. The van der Waals surface area contributed by atoms with Gasteiger partial charge in [0.25, 0.3) is 0 Å². The van der Waals surface area contributed by atoms with Gasteiger partial charge >= 0.3 is 0 Å². The van der Waals surface area contributed by atoms with E-state index in [0.29, 0.717) is 6.54 Å². The second kappa shape index (κ2) is 6.14. The molecule has 5 nitrogen and oxygen atoms in total. The second-order valence-electron chi connectivity index (χ2n) is 5.24. The molecule has 0 aliphatic carbocycles. The van der Waals surface area contributed by atoms with Crippen LogP contribution in [0.5, 0.6) is 0 Å². The molecule has 0 radical (unpaired) electrons. The van der Waals surface area contributed by atoms with Gasteiger partial charge in [0.2, 0.25) is 0 Å². The van der Waals surface area contributed by atoms with Crippen LogP contribution in [0.3, 0.4) is 0 Å².